The fourth-order valence-electron chi connectivity index (χ4n) is 2.79. The highest BCUT2D eigenvalue weighted by Crippen LogP contribution is 2.20. The molecule has 2 N–H and O–H groups in total. The zero-order chi connectivity index (χ0) is 18.6. The molecule has 0 saturated heterocycles. The summed E-state index contributed by atoms with van der Waals surface area (Å²) in [6.07, 6.45) is 1.67. The van der Waals surface area contributed by atoms with E-state index in [9.17, 15) is 4.79 Å². The van der Waals surface area contributed by atoms with Gasteiger partial charge in [0.25, 0.3) is 5.56 Å². The van der Waals surface area contributed by atoms with Gasteiger partial charge in [-0.15, -0.1) is 4.73 Å². The molecule has 2 aromatic heterocycles. The second kappa shape index (κ2) is 7.55. The number of halogens is 1. The third kappa shape index (κ3) is 3.80. The van der Waals surface area contributed by atoms with Crippen LogP contribution in [0.1, 0.15) is 11.1 Å². The molecule has 0 radical (unpaired) electrons. The molecular weight excluding hydrogens is 364 g/mol. The van der Waals surface area contributed by atoms with Crippen LogP contribution in [0.2, 0.25) is 5.02 Å². The Morgan fingerprint density at radius 3 is 2.63 bits per heavy atom. The van der Waals surface area contributed by atoms with Gasteiger partial charge in [-0.2, -0.15) is 5.10 Å². The van der Waals surface area contributed by atoms with E-state index in [4.69, 9.17) is 16.4 Å². The molecular formula is C20H17ClN4O2. The van der Waals surface area contributed by atoms with Crippen LogP contribution >= 0.6 is 11.6 Å². The summed E-state index contributed by atoms with van der Waals surface area (Å²) in [7, 11) is 0. The van der Waals surface area contributed by atoms with Crippen molar-refractivity contribution in [3.63, 3.8) is 0 Å². The quantitative estimate of drug-likeness (QED) is 0.536. The summed E-state index contributed by atoms with van der Waals surface area (Å²) >= 11 is 5.91. The number of anilines is 1. The van der Waals surface area contributed by atoms with Crippen LogP contribution < -0.4 is 15.7 Å². The van der Waals surface area contributed by atoms with Crippen molar-refractivity contribution in [3.8, 4) is 0 Å². The van der Waals surface area contributed by atoms with E-state index in [0.717, 1.165) is 16.5 Å². The number of fused-ring (bicyclic) bond motifs is 1. The number of hydrogen-bond donors (Lipinski definition) is 2. The average molecular weight is 381 g/mol. The molecule has 0 aliphatic heterocycles. The maximum atomic E-state index is 12.6. The second-order valence-electron chi connectivity index (χ2n) is 6.06. The number of benzene rings is 2. The first kappa shape index (κ1) is 17.2. The number of nitrogens with zero attached hydrogens (tertiary/aromatic N) is 2. The number of H-pyrrole nitrogens is 1. The maximum Gasteiger partial charge on any atom is 0.287 e. The minimum atomic E-state index is -0.277. The highest BCUT2D eigenvalue weighted by Gasteiger charge is 2.12. The SMILES string of the molecule is O=c1cc(NCc2ccc(Cl)cc2)c2cn[nH]c2n1OCc1ccccc1. The third-order valence-electron chi connectivity index (χ3n) is 4.18. The van der Waals surface area contributed by atoms with Crippen LogP contribution in [0.15, 0.2) is 71.7 Å². The maximum absolute atomic E-state index is 12.6. The van der Waals surface area contributed by atoms with Crippen molar-refractivity contribution < 1.29 is 4.84 Å². The van der Waals surface area contributed by atoms with Crippen molar-refractivity contribution in [1.82, 2.24) is 14.9 Å². The molecule has 0 atom stereocenters. The van der Waals surface area contributed by atoms with E-state index < -0.39 is 0 Å². The lowest BCUT2D eigenvalue weighted by Crippen LogP contribution is -2.27. The van der Waals surface area contributed by atoms with E-state index in [-0.39, 0.29) is 12.2 Å². The molecule has 27 heavy (non-hydrogen) atoms. The summed E-state index contributed by atoms with van der Waals surface area (Å²) in [4.78, 5) is 18.3. The van der Waals surface area contributed by atoms with Gasteiger partial charge in [-0.05, 0) is 23.3 Å². The van der Waals surface area contributed by atoms with Gasteiger partial charge in [0.2, 0.25) is 0 Å². The molecule has 6 nitrogen and oxygen atoms in total. The summed E-state index contributed by atoms with van der Waals surface area (Å²) in [5.74, 6) is 0. The van der Waals surface area contributed by atoms with Gasteiger partial charge in [0.1, 0.15) is 6.61 Å². The largest absolute Gasteiger partial charge is 0.404 e. The molecule has 2 heterocycles. The molecule has 4 aromatic rings. The molecule has 0 fully saturated rings. The van der Waals surface area contributed by atoms with Gasteiger partial charge in [-0.3, -0.25) is 9.89 Å². The number of hydrogen-bond acceptors (Lipinski definition) is 4. The fourth-order valence-corrected chi connectivity index (χ4v) is 2.91. The van der Waals surface area contributed by atoms with Crippen molar-refractivity contribution in [3.05, 3.63) is 93.4 Å². The first-order valence-corrected chi connectivity index (χ1v) is 8.83. The monoisotopic (exact) mass is 380 g/mol. The van der Waals surface area contributed by atoms with Gasteiger partial charge >= 0.3 is 0 Å². The van der Waals surface area contributed by atoms with Gasteiger partial charge in [-0.25, -0.2) is 0 Å². The van der Waals surface area contributed by atoms with Gasteiger partial charge in [0.15, 0.2) is 5.65 Å². The van der Waals surface area contributed by atoms with Crippen molar-refractivity contribution in [1.29, 1.82) is 0 Å². The Labute approximate surface area is 160 Å². The molecule has 0 aliphatic carbocycles. The Kier molecular flexibility index (Phi) is 4.80. The van der Waals surface area contributed by atoms with Gasteiger partial charge in [0, 0.05) is 17.6 Å². The predicted octanol–water partition coefficient (Wildman–Crippen LogP) is 3.62. The fraction of sp³-hybridized carbons (Fsp3) is 0.100. The molecule has 0 amide bonds. The second-order valence-corrected chi connectivity index (χ2v) is 6.50. The Bertz CT molecular complexity index is 1100. The molecule has 7 heteroatoms. The van der Waals surface area contributed by atoms with Crippen molar-refractivity contribution in [2.24, 2.45) is 0 Å². The van der Waals surface area contributed by atoms with Crippen LogP contribution in [-0.2, 0) is 13.2 Å². The Hall–Kier alpha value is -3.25. The molecule has 0 unspecified atom stereocenters. The lowest BCUT2D eigenvalue weighted by Gasteiger charge is -2.12. The molecule has 0 aliphatic rings. The average Bonchev–Trinajstić information content (AvgIpc) is 3.17. The summed E-state index contributed by atoms with van der Waals surface area (Å²) < 4.78 is 1.24. The minimum absolute atomic E-state index is 0.277. The summed E-state index contributed by atoms with van der Waals surface area (Å²) in [5, 5.41) is 11.6. The number of aromatic amines is 1. The minimum Gasteiger partial charge on any atom is -0.404 e. The standard InChI is InChI=1S/C20H17ClN4O2/c21-16-8-6-14(7-9-16)11-22-18-10-19(26)25(20-17(18)12-23-24-20)27-13-15-4-2-1-3-5-15/h1-10,12,22H,11,13H2,(H,23,24). The van der Waals surface area contributed by atoms with Gasteiger partial charge in [-0.1, -0.05) is 54.1 Å². The zero-order valence-corrected chi connectivity index (χ0v) is 15.1. The predicted molar refractivity (Wildman–Crippen MR) is 106 cm³/mol. The van der Waals surface area contributed by atoms with E-state index in [1.165, 1.54) is 10.8 Å². The first-order valence-electron chi connectivity index (χ1n) is 8.45. The van der Waals surface area contributed by atoms with Crippen LogP contribution in [0.4, 0.5) is 5.69 Å². The van der Waals surface area contributed by atoms with Gasteiger partial charge < -0.3 is 10.2 Å². The summed E-state index contributed by atoms with van der Waals surface area (Å²) in [6, 6.07) is 18.7. The van der Waals surface area contributed by atoms with Crippen LogP contribution in [0.5, 0.6) is 0 Å². The molecule has 4 rings (SSSR count). The Balaban J connectivity index is 1.57. The van der Waals surface area contributed by atoms with E-state index in [0.29, 0.717) is 22.9 Å². The smallest absolute Gasteiger partial charge is 0.287 e. The normalized spacial score (nSPS) is 10.9. The Morgan fingerprint density at radius 2 is 1.85 bits per heavy atom. The van der Waals surface area contributed by atoms with Crippen molar-refractivity contribution in [2.75, 3.05) is 5.32 Å². The third-order valence-corrected chi connectivity index (χ3v) is 4.43. The lowest BCUT2D eigenvalue weighted by molar-refractivity contribution is 0.0980. The highest BCUT2D eigenvalue weighted by molar-refractivity contribution is 6.30. The molecule has 2 aromatic carbocycles. The van der Waals surface area contributed by atoms with Crippen LogP contribution in [0.3, 0.4) is 0 Å². The van der Waals surface area contributed by atoms with Crippen molar-refractivity contribution >= 4 is 28.3 Å². The Morgan fingerprint density at radius 1 is 1.07 bits per heavy atom. The van der Waals surface area contributed by atoms with E-state index in [1.807, 2.05) is 54.6 Å². The lowest BCUT2D eigenvalue weighted by atomic mass is 10.2. The van der Waals surface area contributed by atoms with E-state index in [2.05, 4.69) is 15.5 Å². The van der Waals surface area contributed by atoms with E-state index in [1.54, 1.807) is 6.20 Å². The van der Waals surface area contributed by atoms with Crippen LogP contribution in [0.25, 0.3) is 11.0 Å². The molecule has 0 bridgehead atoms. The number of rotatable bonds is 6. The molecule has 0 saturated carbocycles. The molecule has 136 valence electrons. The topological polar surface area (TPSA) is 71.9 Å². The highest BCUT2D eigenvalue weighted by atomic mass is 35.5. The molecule has 0 spiro atoms. The zero-order valence-electron chi connectivity index (χ0n) is 14.4. The number of nitrogens with one attached hydrogen (secondary N) is 2. The summed E-state index contributed by atoms with van der Waals surface area (Å²) in [5.41, 5.74) is 2.96. The first-order chi connectivity index (χ1) is 13.2. The van der Waals surface area contributed by atoms with E-state index >= 15 is 0 Å². The van der Waals surface area contributed by atoms with Crippen LogP contribution in [0, 0.1) is 0 Å². The van der Waals surface area contributed by atoms with Gasteiger partial charge in [0.05, 0.1) is 17.3 Å². The number of pyridine rings is 1. The summed E-state index contributed by atoms with van der Waals surface area (Å²) in [6.45, 7) is 0.845. The number of aromatic nitrogens is 3. The van der Waals surface area contributed by atoms with Crippen molar-refractivity contribution in [2.45, 2.75) is 13.2 Å². The van der Waals surface area contributed by atoms with Crippen LogP contribution in [-0.4, -0.2) is 14.9 Å².